The van der Waals surface area contributed by atoms with Crippen LogP contribution in [0.4, 0.5) is 5.69 Å². The number of hydrogen-bond donors (Lipinski definition) is 1. The minimum atomic E-state index is 0.669. The number of rotatable bonds is 8. The van der Waals surface area contributed by atoms with E-state index in [1.807, 2.05) is 72.8 Å². The number of pyridine rings is 1. The largest absolute Gasteiger partial charge is 0.364 e. The van der Waals surface area contributed by atoms with Gasteiger partial charge in [-0.15, -0.1) is 0 Å². The van der Waals surface area contributed by atoms with E-state index in [9.17, 15) is 0 Å². The van der Waals surface area contributed by atoms with Crippen molar-refractivity contribution < 1.29 is 0 Å². The van der Waals surface area contributed by atoms with Crippen LogP contribution >= 0.6 is 0 Å². The summed E-state index contributed by atoms with van der Waals surface area (Å²) in [4.78, 5) is 10.8. The average Bonchev–Trinajstić information content (AvgIpc) is 3.10. The minimum absolute atomic E-state index is 0.669. The molecule has 6 nitrogen and oxygen atoms in total. The van der Waals surface area contributed by atoms with Gasteiger partial charge >= 0.3 is 0 Å². The molecule has 2 heterocycles. The maximum absolute atomic E-state index is 9.00. The zero-order valence-electron chi connectivity index (χ0n) is 14.8. The van der Waals surface area contributed by atoms with Gasteiger partial charge in [-0.3, -0.25) is 4.98 Å². The summed E-state index contributed by atoms with van der Waals surface area (Å²) >= 11 is 0. The molecule has 0 atom stereocenters. The second-order valence-corrected chi connectivity index (χ2v) is 6.07. The maximum atomic E-state index is 9.00. The fourth-order valence-electron chi connectivity index (χ4n) is 2.71. The van der Waals surface area contributed by atoms with Gasteiger partial charge in [-0.25, -0.2) is 4.98 Å². The Labute approximate surface area is 153 Å². The van der Waals surface area contributed by atoms with Crippen molar-refractivity contribution in [1.29, 1.82) is 5.26 Å². The molecule has 6 heteroatoms. The molecule has 0 spiro atoms. The van der Waals surface area contributed by atoms with E-state index in [0.29, 0.717) is 5.56 Å². The van der Waals surface area contributed by atoms with Gasteiger partial charge < -0.3 is 14.8 Å². The van der Waals surface area contributed by atoms with E-state index < -0.39 is 0 Å². The molecule has 132 valence electrons. The molecule has 0 saturated carbocycles. The molecular formula is C20H22N6. The lowest BCUT2D eigenvalue weighted by Gasteiger charge is -2.25. The van der Waals surface area contributed by atoms with Gasteiger partial charge in [-0.05, 0) is 36.4 Å². The van der Waals surface area contributed by atoms with Crippen LogP contribution in [0.5, 0.6) is 0 Å². The number of imidazole rings is 1. The Hall–Kier alpha value is -3.17. The summed E-state index contributed by atoms with van der Waals surface area (Å²) in [6, 6.07) is 15.8. The van der Waals surface area contributed by atoms with E-state index in [0.717, 1.165) is 43.3 Å². The molecule has 0 radical (unpaired) electrons. The standard InChI is InChI=1S/C20H22N6/c1-25-16-23-14-20(25)15-26(19-7-5-17(12-21)6-8-19)11-10-22-13-18-4-2-3-9-24-18/h2-9,14,16,22H,10-11,13,15H2,1H3. The zero-order chi connectivity index (χ0) is 18.2. The predicted octanol–water partition coefficient (Wildman–Crippen LogP) is 2.48. The SMILES string of the molecule is Cn1cncc1CN(CCNCc1ccccn1)c1ccc(C#N)cc1. The second kappa shape index (κ2) is 8.79. The maximum Gasteiger partial charge on any atom is 0.0991 e. The first-order valence-corrected chi connectivity index (χ1v) is 8.57. The molecule has 0 amide bonds. The number of hydrogen-bond acceptors (Lipinski definition) is 5. The van der Waals surface area contributed by atoms with Crippen LogP contribution in [-0.2, 0) is 20.1 Å². The van der Waals surface area contributed by atoms with Gasteiger partial charge in [-0.1, -0.05) is 6.07 Å². The summed E-state index contributed by atoms with van der Waals surface area (Å²) in [7, 11) is 2.00. The van der Waals surface area contributed by atoms with Crippen molar-refractivity contribution in [3.05, 3.63) is 78.1 Å². The lowest BCUT2D eigenvalue weighted by Crippen LogP contribution is -2.32. The van der Waals surface area contributed by atoms with Crippen LogP contribution in [0, 0.1) is 11.3 Å². The third kappa shape index (κ3) is 4.68. The van der Waals surface area contributed by atoms with Gasteiger partial charge in [0.15, 0.2) is 0 Å². The summed E-state index contributed by atoms with van der Waals surface area (Å²) in [5.41, 5.74) is 3.93. The normalized spacial score (nSPS) is 10.5. The number of benzene rings is 1. The molecule has 26 heavy (non-hydrogen) atoms. The molecule has 1 aromatic carbocycles. The topological polar surface area (TPSA) is 69.8 Å². The Kier molecular flexibility index (Phi) is 5.96. The van der Waals surface area contributed by atoms with Crippen LogP contribution in [0.3, 0.4) is 0 Å². The van der Waals surface area contributed by atoms with Crippen molar-refractivity contribution in [2.75, 3.05) is 18.0 Å². The Morgan fingerprint density at radius 1 is 1.19 bits per heavy atom. The van der Waals surface area contributed by atoms with Crippen LogP contribution in [0.1, 0.15) is 17.0 Å². The van der Waals surface area contributed by atoms with Crippen molar-refractivity contribution in [3.8, 4) is 6.07 Å². The van der Waals surface area contributed by atoms with Gasteiger partial charge in [-0.2, -0.15) is 5.26 Å². The Balaban J connectivity index is 1.64. The van der Waals surface area contributed by atoms with Crippen molar-refractivity contribution in [2.45, 2.75) is 13.1 Å². The van der Waals surface area contributed by atoms with Crippen LogP contribution in [0.15, 0.2) is 61.2 Å². The highest BCUT2D eigenvalue weighted by atomic mass is 15.2. The average molecular weight is 346 g/mol. The molecule has 0 aliphatic rings. The van der Waals surface area contributed by atoms with Crippen molar-refractivity contribution in [2.24, 2.45) is 7.05 Å². The van der Waals surface area contributed by atoms with Gasteiger partial charge in [0, 0.05) is 44.8 Å². The molecular weight excluding hydrogens is 324 g/mol. The molecule has 0 aliphatic carbocycles. The Bertz CT molecular complexity index is 848. The number of aryl methyl sites for hydroxylation is 1. The van der Waals surface area contributed by atoms with Gasteiger partial charge in [0.1, 0.15) is 0 Å². The number of aromatic nitrogens is 3. The number of nitrogens with one attached hydrogen (secondary N) is 1. The third-order valence-corrected chi connectivity index (χ3v) is 4.22. The first kappa shape index (κ1) is 17.6. The van der Waals surface area contributed by atoms with Crippen LogP contribution in [-0.4, -0.2) is 27.6 Å². The molecule has 0 saturated heterocycles. The quantitative estimate of drug-likeness (QED) is 0.635. The lowest BCUT2D eigenvalue weighted by atomic mass is 10.2. The van der Waals surface area contributed by atoms with Gasteiger partial charge in [0.05, 0.1) is 35.9 Å². The minimum Gasteiger partial charge on any atom is -0.364 e. The number of nitriles is 1. The highest BCUT2D eigenvalue weighted by Crippen LogP contribution is 2.17. The molecule has 0 aliphatic heterocycles. The monoisotopic (exact) mass is 346 g/mol. The van der Waals surface area contributed by atoms with Crippen molar-refractivity contribution in [3.63, 3.8) is 0 Å². The van der Waals surface area contributed by atoms with E-state index in [4.69, 9.17) is 5.26 Å². The molecule has 0 unspecified atom stereocenters. The summed E-state index contributed by atoms with van der Waals surface area (Å²) in [6.45, 7) is 3.17. The summed E-state index contributed by atoms with van der Waals surface area (Å²) in [5, 5.41) is 12.4. The van der Waals surface area contributed by atoms with Crippen molar-refractivity contribution >= 4 is 5.69 Å². The van der Waals surface area contributed by atoms with Gasteiger partial charge in [0.2, 0.25) is 0 Å². The molecule has 2 aromatic heterocycles. The van der Waals surface area contributed by atoms with E-state index in [-0.39, 0.29) is 0 Å². The molecule has 0 bridgehead atoms. The predicted molar refractivity (Wildman–Crippen MR) is 101 cm³/mol. The molecule has 0 fully saturated rings. The molecule has 3 aromatic rings. The summed E-state index contributed by atoms with van der Waals surface area (Å²) < 4.78 is 2.03. The van der Waals surface area contributed by atoms with E-state index in [1.165, 1.54) is 0 Å². The fourth-order valence-corrected chi connectivity index (χ4v) is 2.71. The molecule has 3 rings (SSSR count). The highest BCUT2D eigenvalue weighted by molar-refractivity contribution is 5.50. The fraction of sp³-hybridized carbons (Fsp3) is 0.250. The van der Waals surface area contributed by atoms with E-state index in [2.05, 4.69) is 26.3 Å². The highest BCUT2D eigenvalue weighted by Gasteiger charge is 2.10. The number of nitrogens with zero attached hydrogens (tertiary/aromatic N) is 5. The first-order chi connectivity index (χ1) is 12.8. The second-order valence-electron chi connectivity index (χ2n) is 6.07. The third-order valence-electron chi connectivity index (χ3n) is 4.22. The van der Waals surface area contributed by atoms with Crippen LogP contribution < -0.4 is 10.2 Å². The smallest absolute Gasteiger partial charge is 0.0991 e. The first-order valence-electron chi connectivity index (χ1n) is 8.57. The van der Waals surface area contributed by atoms with E-state index in [1.54, 1.807) is 0 Å². The van der Waals surface area contributed by atoms with Crippen LogP contribution in [0.25, 0.3) is 0 Å². The van der Waals surface area contributed by atoms with E-state index >= 15 is 0 Å². The Morgan fingerprint density at radius 3 is 2.69 bits per heavy atom. The summed E-state index contributed by atoms with van der Waals surface area (Å²) in [6.07, 6.45) is 5.51. The number of anilines is 1. The zero-order valence-corrected chi connectivity index (χ0v) is 14.8. The summed E-state index contributed by atoms with van der Waals surface area (Å²) in [5.74, 6) is 0. The van der Waals surface area contributed by atoms with Crippen LogP contribution in [0.2, 0.25) is 0 Å². The molecule has 1 N–H and O–H groups in total. The lowest BCUT2D eigenvalue weighted by molar-refractivity contribution is 0.641. The van der Waals surface area contributed by atoms with Gasteiger partial charge in [0.25, 0.3) is 0 Å². The Morgan fingerprint density at radius 2 is 2.04 bits per heavy atom. The van der Waals surface area contributed by atoms with Crippen molar-refractivity contribution in [1.82, 2.24) is 19.9 Å².